The molecule has 0 aromatic rings. The zero-order valence-electron chi connectivity index (χ0n) is 8.52. The summed E-state index contributed by atoms with van der Waals surface area (Å²) < 4.78 is 0. The van der Waals surface area contributed by atoms with Gasteiger partial charge in [-0.25, -0.2) is 0 Å². The van der Waals surface area contributed by atoms with E-state index >= 15 is 0 Å². The quantitative estimate of drug-likeness (QED) is 0.204. The highest BCUT2D eigenvalue weighted by Gasteiger charge is 2.34. The number of aliphatic hydroxyl groups excluding tert-OH is 5. The lowest BCUT2D eigenvalue weighted by molar-refractivity contribution is -0.151. The fourth-order valence-electron chi connectivity index (χ4n) is 0.965. The Kier molecular flexibility index (Phi) is 6.08. The van der Waals surface area contributed by atoms with E-state index in [0.717, 1.165) is 6.92 Å². The molecule has 0 aliphatic heterocycles. The molecular weight excluding hydrogens is 222 g/mol. The van der Waals surface area contributed by atoms with E-state index in [1.54, 1.807) is 0 Å². The van der Waals surface area contributed by atoms with Gasteiger partial charge in [-0.3, -0.25) is 4.79 Å². The minimum absolute atomic E-state index is 0.0363. The molecule has 8 nitrogen and oxygen atoms in total. The third-order valence-electron chi connectivity index (χ3n) is 1.86. The van der Waals surface area contributed by atoms with Crippen LogP contribution in [0.2, 0.25) is 0 Å². The van der Waals surface area contributed by atoms with Gasteiger partial charge in [0, 0.05) is 6.92 Å². The summed E-state index contributed by atoms with van der Waals surface area (Å²) in [6, 6.07) is 0. The predicted octanol–water partition coefficient (Wildman–Crippen LogP) is -3.92. The summed E-state index contributed by atoms with van der Waals surface area (Å²) in [6.07, 6.45) is -9.63. The van der Waals surface area contributed by atoms with Crippen LogP contribution in [0.1, 0.15) is 6.92 Å². The van der Waals surface area contributed by atoms with Crippen LogP contribution in [-0.2, 0) is 9.59 Å². The van der Waals surface area contributed by atoms with Gasteiger partial charge in [0.2, 0.25) is 5.91 Å². The van der Waals surface area contributed by atoms with Gasteiger partial charge in [0.15, 0.2) is 12.5 Å². The molecule has 0 rings (SSSR count). The maximum absolute atomic E-state index is 10.5. The van der Waals surface area contributed by atoms with Crippen LogP contribution < -0.4 is 5.32 Å². The van der Waals surface area contributed by atoms with Gasteiger partial charge < -0.3 is 35.6 Å². The average Bonchev–Trinajstić information content (AvgIpc) is 2.23. The molecule has 6 N–H and O–H groups in total. The largest absolute Gasteiger partial charge is 0.387 e. The molecule has 0 saturated heterocycles. The van der Waals surface area contributed by atoms with Crippen molar-refractivity contribution in [1.29, 1.82) is 0 Å². The van der Waals surface area contributed by atoms with Crippen molar-refractivity contribution in [2.75, 3.05) is 0 Å². The van der Waals surface area contributed by atoms with E-state index in [0.29, 0.717) is 0 Å². The third kappa shape index (κ3) is 4.21. The molecule has 16 heavy (non-hydrogen) atoms. The van der Waals surface area contributed by atoms with E-state index in [1.807, 2.05) is 5.32 Å². The monoisotopic (exact) mass is 237 g/mol. The number of amides is 1. The summed E-state index contributed by atoms with van der Waals surface area (Å²) in [5.41, 5.74) is 0. The highest BCUT2D eigenvalue weighted by Crippen LogP contribution is 2.06. The fraction of sp³-hybridized carbons (Fsp3) is 0.750. The lowest BCUT2D eigenvalue weighted by Gasteiger charge is -2.27. The van der Waals surface area contributed by atoms with Crippen LogP contribution in [0, 0.1) is 0 Å². The topological polar surface area (TPSA) is 147 Å². The smallest absolute Gasteiger partial charge is 0.218 e. The summed E-state index contributed by atoms with van der Waals surface area (Å²) >= 11 is 0. The number of aliphatic hydroxyl groups is 5. The third-order valence-corrected chi connectivity index (χ3v) is 1.86. The molecule has 1 unspecified atom stereocenters. The van der Waals surface area contributed by atoms with E-state index < -0.39 is 36.6 Å². The summed E-state index contributed by atoms with van der Waals surface area (Å²) in [5, 5.41) is 47.5. The predicted molar refractivity (Wildman–Crippen MR) is 49.9 cm³/mol. The maximum Gasteiger partial charge on any atom is 0.218 e. The van der Waals surface area contributed by atoms with Crippen molar-refractivity contribution in [3.63, 3.8) is 0 Å². The molecule has 8 heteroatoms. The lowest BCUT2D eigenvalue weighted by atomic mass is 10.0. The molecule has 5 atom stereocenters. The molecule has 0 heterocycles. The fourth-order valence-corrected chi connectivity index (χ4v) is 0.965. The Morgan fingerprint density at radius 3 is 1.94 bits per heavy atom. The number of nitrogens with one attached hydrogen (secondary N) is 1. The van der Waals surface area contributed by atoms with Crippen LogP contribution in [0.15, 0.2) is 0 Å². The van der Waals surface area contributed by atoms with Crippen LogP contribution >= 0.6 is 0 Å². The molecule has 0 radical (unpaired) electrons. The molecule has 0 fully saturated rings. The highest BCUT2D eigenvalue weighted by atomic mass is 16.4. The van der Waals surface area contributed by atoms with Crippen molar-refractivity contribution in [2.45, 2.75) is 37.6 Å². The van der Waals surface area contributed by atoms with Crippen molar-refractivity contribution >= 4 is 12.2 Å². The van der Waals surface area contributed by atoms with Gasteiger partial charge in [-0.2, -0.15) is 0 Å². The Bertz CT molecular complexity index is 247. The first-order valence-corrected chi connectivity index (χ1v) is 4.44. The Balaban J connectivity index is 4.41. The Morgan fingerprint density at radius 2 is 1.56 bits per heavy atom. The number of aldehydes is 1. The van der Waals surface area contributed by atoms with Gasteiger partial charge in [0.1, 0.15) is 24.4 Å². The van der Waals surface area contributed by atoms with Gasteiger partial charge in [0.05, 0.1) is 0 Å². The standard InChI is InChI=1S/C8H15NO7/c1-3(11)9-8(16)7(15)6(14)5(13)4(12)2-10/h2,4-8,12-16H,1H3,(H,9,11)/t4-,5+,6-,7-,8?/m0/s1. The summed E-state index contributed by atoms with van der Waals surface area (Å²) in [4.78, 5) is 20.6. The average molecular weight is 237 g/mol. The van der Waals surface area contributed by atoms with Crippen molar-refractivity contribution in [3.05, 3.63) is 0 Å². The molecule has 94 valence electrons. The second-order valence-electron chi connectivity index (χ2n) is 3.24. The molecule has 0 aromatic carbocycles. The van der Waals surface area contributed by atoms with Gasteiger partial charge in [-0.15, -0.1) is 0 Å². The lowest BCUT2D eigenvalue weighted by Crippen LogP contribution is -2.54. The zero-order chi connectivity index (χ0) is 12.9. The molecule has 0 aliphatic carbocycles. The first-order valence-electron chi connectivity index (χ1n) is 4.44. The summed E-state index contributed by atoms with van der Waals surface area (Å²) in [7, 11) is 0. The Morgan fingerprint density at radius 1 is 1.06 bits per heavy atom. The summed E-state index contributed by atoms with van der Waals surface area (Å²) in [6.45, 7) is 1.07. The van der Waals surface area contributed by atoms with Crippen molar-refractivity contribution < 1.29 is 35.1 Å². The first kappa shape index (κ1) is 14.9. The van der Waals surface area contributed by atoms with E-state index in [-0.39, 0.29) is 6.29 Å². The highest BCUT2D eigenvalue weighted by molar-refractivity contribution is 5.73. The maximum atomic E-state index is 10.5. The van der Waals surface area contributed by atoms with Gasteiger partial charge in [0.25, 0.3) is 0 Å². The van der Waals surface area contributed by atoms with E-state index in [9.17, 15) is 19.8 Å². The summed E-state index contributed by atoms with van der Waals surface area (Å²) in [5.74, 6) is -0.663. The molecule has 1 amide bonds. The Hall–Kier alpha value is -1.06. The second kappa shape index (κ2) is 6.51. The number of carbonyl (C=O) groups is 2. The van der Waals surface area contributed by atoms with Crippen LogP contribution in [0.5, 0.6) is 0 Å². The second-order valence-corrected chi connectivity index (χ2v) is 3.24. The number of hydrogen-bond donors (Lipinski definition) is 6. The zero-order valence-corrected chi connectivity index (χ0v) is 8.52. The van der Waals surface area contributed by atoms with Crippen LogP contribution in [0.3, 0.4) is 0 Å². The SMILES string of the molecule is CC(=O)NC(O)[C@@H](O)[C@@H](O)[C@H](O)[C@@H](O)C=O. The molecule has 0 aromatic heterocycles. The minimum Gasteiger partial charge on any atom is -0.387 e. The Labute approximate surface area is 91.1 Å². The van der Waals surface area contributed by atoms with Crippen LogP contribution in [-0.4, -0.2) is 68.4 Å². The van der Waals surface area contributed by atoms with Crippen molar-refractivity contribution in [1.82, 2.24) is 5.32 Å². The van der Waals surface area contributed by atoms with Crippen LogP contribution in [0.4, 0.5) is 0 Å². The molecular formula is C8H15NO7. The number of hydrogen-bond acceptors (Lipinski definition) is 7. The van der Waals surface area contributed by atoms with Crippen molar-refractivity contribution in [3.8, 4) is 0 Å². The van der Waals surface area contributed by atoms with E-state index in [2.05, 4.69) is 0 Å². The normalized spacial score (nSPS) is 20.4. The van der Waals surface area contributed by atoms with Crippen molar-refractivity contribution in [2.24, 2.45) is 0 Å². The molecule has 0 saturated carbocycles. The number of carbonyl (C=O) groups excluding carboxylic acids is 2. The van der Waals surface area contributed by atoms with Gasteiger partial charge in [-0.1, -0.05) is 0 Å². The van der Waals surface area contributed by atoms with Gasteiger partial charge >= 0.3 is 0 Å². The number of rotatable bonds is 6. The molecule has 0 spiro atoms. The van der Waals surface area contributed by atoms with E-state index in [4.69, 9.17) is 15.3 Å². The van der Waals surface area contributed by atoms with Gasteiger partial charge in [-0.05, 0) is 0 Å². The minimum atomic E-state index is -1.98. The molecule has 0 aliphatic rings. The van der Waals surface area contributed by atoms with E-state index in [1.165, 1.54) is 0 Å². The first-order chi connectivity index (χ1) is 7.31. The molecule has 0 bridgehead atoms. The van der Waals surface area contributed by atoms with Crippen LogP contribution in [0.25, 0.3) is 0 Å².